The van der Waals surface area contributed by atoms with Crippen molar-refractivity contribution in [1.29, 1.82) is 0 Å². The van der Waals surface area contributed by atoms with Crippen molar-refractivity contribution in [2.24, 2.45) is 4.99 Å². The van der Waals surface area contributed by atoms with Crippen molar-refractivity contribution in [1.82, 2.24) is 25.4 Å². The lowest BCUT2D eigenvalue weighted by molar-refractivity contribution is 0.427. The first-order chi connectivity index (χ1) is 14.2. The first-order valence-electron chi connectivity index (χ1n) is 10.8. The fourth-order valence-electron chi connectivity index (χ4n) is 3.97. The van der Waals surface area contributed by atoms with Gasteiger partial charge in [0.1, 0.15) is 12.2 Å². The Morgan fingerprint density at radius 1 is 1.17 bits per heavy atom. The van der Waals surface area contributed by atoms with Gasteiger partial charge in [0.2, 0.25) is 0 Å². The summed E-state index contributed by atoms with van der Waals surface area (Å²) in [6.07, 6.45) is 9.42. The van der Waals surface area contributed by atoms with Gasteiger partial charge in [0.15, 0.2) is 5.96 Å². The lowest BCUT2D eigenvalue weighted by Gasteiger charge is -2.33. The van der Waals surface area contributed by atoms with Crippen LogP contribution in [0.2, 0.25) is 0 Å². The molecule has 1 aromatic carbocycles. The molecule has 3 rings (SSSR count). The minimum atomic E-state index is 0.690. The van der Waals surface area contributed by atoms with Crippen molar-refractivity contribution >= 4 is 11.6 Å². The predicted molar refractivity (Wildman–Crippen MR) is 119 cm³/mol. The topological polar surface area (TPSA) is 70.4 Å². The lowest BCUT2D eigenvalue weighted by Crippen LogP contribution is -2.38. The van der Waals surface area contributed by atoms with Crippen LogP contribution in [0.5, 0.6) is 0 Å². The van der Waals surface area contributed by atoms with Gasteiger partial charge >= 0.3 is 0 Å². The molecule has 7 heteroatoms. The largest absolute Gasteiger partial charge is 0.372 e. The molecule has 0 amide bonds. The van der Waals surface area contributed by atoms with Gasteiger partial charge in [-0.15, -0.1) is 10.2 Å². The summed E-state index contributed by atoms with van der Waals surface area (Å²) in [5.74, 6) is 1.81. The zero-order chi connectivity index (χ0) is 20.5. The minimum Gasteiger partial charge on any atom is -0.372 e. The Hall–Kier alpha value is -2.57. The molecule has 1 heterocycles. The van der Waals surface area contributed by atoms with Crippen molar-refractivity contribution in [2.45, 2.75) is 64.6 Å². The Labute approximate surface area is 174 Å². The maximum Gasteiger partial charge on any atom is 0.191 e. The maximum absolute atomic E-state index is 4.32. The smallest absolute Gasteiger partial charge is 0.191 e. The number of nitrogens with zero attached hydrogens (tertiary/aromatic N) is 5. The number of rotatable bonds is 8. The van der Waals surface area contributed by atoms with Crippen molar-refractivity contribution in [3.63, 3.8) is 0 Å². The lowest BCUT2D eigenvalue weighted by atomic mass is 9.94. The zero-order valence-electron chi connectivity index (χ0n) is 18.1. The second kappa shape index (κ2) is 10.8. The van der Waals surface area contributed by atoms with E-state index in [1.54, 1.807) is 13.4 Å². The van der Waals surface area contributed by atoms with Gasteiger partial charge in [-0.1, -0.05) is 38.3 Å². The number of hydrogen-bond donors (Lipinski definition) is 2. The molecule has 0 radical (unpaired) electrons. The summed E-state index contributed by atoms with van der Waals surface area (Å²) in [6.45, 7) is 4.43. The van der Waals surface area contributed by atoms with E-state index in [0.29, 0.717) is 6.04 Å². The summed E-state index contributed by atoms with van der Waals surface area (Å²) in [5.41, 5.74) is 2.56. The molecule has 29 heavy (non-hydrogen) atoms. The van der Waals surface area contributed by atoms with Crippen LogP contribution in [0.3, 0.4) is 0 Å². The van der Waals surface area contributed by atoms with Crippen molar-refractivity contribution in [3.05, 3.63) is 42.0 Å². The molecule has 0 bridgehead atoms. The van der Waals surface area contributed by atoms with E-state index < -0.39 is 0 Å². The van der Waals surface area contributed by atoms with Crippen LogP contribution in [-0.2, 0) is 19.5 Å². The van der Waals surface area contributed by atoms with Gasteiger partial charge in [-0.25, -0.2) is 0 Å². The van der Waals surface area contributed by atoms with Crippen LogP contribution in [0.15, 0.2) is 35.6 Å². The van der Waals surface area contributed by atoms with Gasteiger partial charge in [0.25, 0.3) is 0 Å². The second-order valence-electron chi connectivity index (χ2n) is 7.72. The first kappa shape index (κ1) is 21.1. The average molecular weight is 398 g/mol. The molecular weight excluding hydrogens is 362 g/mol. The highest BCUT2D eigenvalue weighted by Crippen LogP contribution is 2.26. The van der Waals surface area contributed by atoms with Crippen molar-refractivity contribution in [3.8, 4) is 0 Å². The van der Waals surface area contributed by atoms with Gasteiger partial charge in [0, 0.05) is 51.9 Å². The van der Waals surface area contributed by atoms with E-state index in [0.717, 1.165) is 37.8 Å². The third kappa shape index (κ3) is 5.95. The highest BCUT2D eigenvalue weighted by atomic mass is 15.3. The van der Waals surface area contributed by atoms with Gasteiger partial charge in [0.05, 0.1) is 0 Å². The van der Waals surface area contributed by atoms with E-state index in [1.807, 2.05) is 0 Å². The van der Waals surface area contributed by atoms with Crippen LogP contribution in [0, 0.1) is 0 Å². The number of anilines is 1. The highest BCUT2D eigenvalue weighted by Gasteiger charge is 2.18. The molecule has 2 aromatic rings. The third-order valence-electron chi connectivity index (χ3n) is 5.81. The van der Waals surface area contributed by atoms with Gasteiger partial charge in [-0.3, -0.25) is 4.99 Å². The van der Waals surface area contributed by atoms with E-state index in [1.165, 1.54) is 43.4 Å². The van der Waals surface area contributed by atoms with E-state index in [-0.39, 0.29) is 0 Å². The number of guanidine groups is 1. The summed E-state index contributed by atoms with van der Waals surface area (Å²) in [4.78, 5) is 6.77. The van der Waals surface area contributed by atoms with Crippen LogP contribution in [0.1, 0.15) is 50.4 Å². The fourth-order valence-corrected chi connectivity index (χ4v) is 3.97. The molecule has 0 atom stereocenters. The SMILES string of the molecule is CCc1nncn1CCNC(=NC)NCc1ccc(N(C)C2CCCCC2)cc1. The van der Waals surface area contributed by atoms with Gasteiger partial charge < -0.3 is 20.1 Å². The summed E-state index contributed by atoms with van der Waals surface area (Å²) < 4.78 is 2.07. The molecular formula is C22H35N7. The van der Waals surface area contributed by atoms with E-state index in [4.69, 9.17) is 0 Å². The number of aliphatic imine (C=N–C) groups is 1. The molecule has 0 spiro atoms. The molecule has 7 nitrogen and oxygen atoms in total. The standard InChI is InChI=1S/C22H35N7/c1-4-21-27-26-17-29(21)15-14-24-22(23-2)25-16-18-10-12-20(13-11-18)28(3)19-8-6-5-7-9-19/h10-13,17,19H,4-9,14-16H2,1-3H3,(H2,23,24,25). The highest BCUT2D eigenvalue weighted by molar-refractivity contribution is 5.79. The van der Waals surface area contributed by atoms with Crippen molar-refractivity contribution < 1.29 is 0 Å². The summed E-state index contributed by atoms with van der Waals surface area (Å²) in [5, 5.41) is 14.8. The molecule has 158 valence electrons. The summed E-state index contributed by atoms with van der Waals surface area (Å²) in [7, 11) is 4.03. The number of aromatic nitrogens is 3. The van der Waals surface area contributed by atoms with E-state index in [2.05, 4.69) is 73.5 Å². The molecule has 0 saturated heterocycles. The predicted octanol–water partition coefficient (Wildman–Crippen LogP) is 2.97. The molecule has 1 fully saturated rings. The van der Waals surface area contributed by atoms with Crippen LogP contribution in [0.25, 0.3) is 0 Å². The van der Waals surface area contributed by atoms with Gasteiger partial charge in [-0.05, 0) is 30.5 Å². The van der Waals surface area contributed by atoms with Crippen LogP contribution in [0.4, 0.5) is 5.69 Å². The molecule has 1 aliphatic carbocycles. The minimum absolute atomic E-state index is 0.690. The van der Waals surface area contributed by atoms with Crippen LogP contribution >= 0.6 is 0 Å². The van der Waals surface area contributed by atoms with E-state index >= 15 is 0 Å². The Balaban J connectivity index is 1.44. The summed E-state index contributed by atoms with van der Waals surface area (Å²) >= 11 is 0. The maximum atomic E-state index is 4.32. The Morgan fingerprint density at radius 2 is 1.93 bits per heavy atom. The second-order valence-corrected chi connectivity index (χ2v) is 7.72. The number of nitrogens with one attached hydrogen (secondary N) is 2. The zero-order valence-corrected chi connectivity index (χ0v) is 18.1. The van der Waals surface area contributed by atoms with Crippen molar-refractivity contribution in [2.75, 3.05) is 25.5 Å². The Kier molecular flexibility index (Phi) is 7.90. The molecule has 1 saturated carbocycles. The molecule has 0 aliphatic heterocycles. The van der Waals surface area contributed by atoms with Crippen LogP contribution in [-0.4, -0.2) is 47.4 Å². The molecule has 2 N–H and O–H groups in total. The number of benzene rings is 1. The Morgan fingerprint density at radius 3 is 2.62 bits per heavy atom. The van der Waals surface area contributed by atoms with Gasteiger partial charge in [-0.2, -0.15) is 0 Å². The molecule has 0 unspecified atom stereocenters. The van der Waals surface area contributed by atoms with E-state index in [9.17, 15) is 0 Å². The third-order valence-corrected chi connectivity index (χ3v) is 5.81. The number of hydrogen-bond acceptors (Lipinski definition) is 4. The quantitative estimate of drug-likeness (QED) is 0.529. The Bertz CT molecular complexity index is 760. The molecule has 1 aromatic heterocycles. The molecule has 1 aliphatic rings. The fraction of sp³-hybridized carbons (Fsp3) is 0.591. The average Bonchev–Trinajstić information content (AvgIpc) is 3.24. The summed E-state index contributed by atoms with van der Waals surface area (Å²) in [6, 6.07) is 9.58. The van der Waals surface area contributed by atoms with Crippen LogP contribution < -0.4 is 15.5 Å². The monoisotopic (exact) mass is 397 g/mol. The number of aryl methyl sites for hydroxylation is 1. The normalized spacial score (nSPS) is 15.3. The first-order valence-corrected chi connectivity index (χ1v) is 10.8.